The van der Waals surface area contributed by atoms with E-state index < -0.39 is 5.97 Å². The van der Waals surface area contributed by atoms with Crippen LogP contribution in [0.15, 0.2) is 34.8 Å². The van der Waals surface area contributed by atoms with E-state index in [0.717, 1.165) is 34.1 Å². The van der Waals surface area contributed by atoms with Crippen molar-refractivity contribution < 1.29 is 14.6 Å². The van der Waals surface area contributed by atoms with Gasteiger partial charge in [0.1, 0.15) is 5.75 Å². The molecule has 3 aromatic rings. The average Bonchev–Trinajstić information content (AvgIpc) is 3.02. The van der Waals surface area contributed by atoms with E-state index >= 15 is 0 Å². The molecule has 0 unspecified atom stereocenters. The third-order valence-electron chi connectivity index (χ3n) is 4.55. The number of nitrogens with one attached hydrogen (secondary N) is 1. The van der Waals surface area contributed by atoms with Crippen molar-refractivity contribution in [2.24, 2.45) is 5.73 Å². The number of nitrogens with two attached hydrogens (primary N) is 1. The number of aromatic carboxylic acids is 1. The van der Waals surface area contributed by atoms with Gasteiger partial charge in [0.2, 0.25) is 0 Å². The lowest BCUT2D eigenvalue weighted by Gasteiger charge is -2.11. The van der Waals surface area contributed by atoms with Crippen LogP contribution in [-0.4, -0.2) is 29.7 Å². The number of fused-ring (bicyclic) bond motifs is 1. The van der Waals surface area contributed by atoms with Gasteiger partial charge in [-0.15, -0.1) is 0 Å². The molecule has 0 saturated carbocycles. The first-order valence-electron chi connectivity index (χ1n) is 8.58. The van der Waals surface area contributed by atoms with Crippen LogP contribution in [0.3, 0.4) is 0 Å². The number of hydrogen-bond donors (Lipinski definition) is 3. The number of H-pyrrole nitrogens is 1. The highest BCUT2D eigenvalue weighted by Gasteiger charge is 2.22. The van der Waals surface area contributed by atoms with Gasteiger partial charge in [0, 0.05) is 15.4 Å². The molecule has 1 heterocycles. The third kappa shape index (κ3) is 3.83. The Balaban J connectivity index is 2.33. The number of aryl methyl sites for hydroxylation is 1. The van der Waals surface area contributed by atoms with E-state index in [2.05, 4.69) is 20.9 Å². The van der Waals surface area contributed by atoms with E-state index in [4.69, 9.17) is 22.1 Å². The largest absolute Gasteiger partial charge is 0.496 e. The first-order valence-corrected chi connectivity index (χ1v) is 9.75. The standard InChI is InChI=1S/C20H20BrClN2O3/c1-27-16-8-5-11(21)10-14(16)18-12(4-2-3-9-23)17-13(20(25)26)6-7-15(22)19(17)24-18/h5-8,10,24H,2-4,9,23H2,1H3,(H,25,26). The Kier molecular flexibility index (Phi) is 6.09. The zero-order valence-corrected chi connectivity index (χ0v) is 17.2. The summed E-state index contributed by atoms with van der Waals surface area (Å²) in [6.45, 7) is 0.588. The molecule has 0 spiro atoms. The molecule has 7 heteroatoms. The molecule has 0 fully saturated rings. The summed E-state index contributed by atoms with van der Waals surface area (Å²) < 4.78 is 6.43. The molecular weight excluding hydrogens is 432 g/mol. The molecular formula is C20H20BrClN2O3. The first-order chi connectivity index (χ1) is 13.0. The van der Waals surface area contributed by atoms with Gasteiger partial charge in [0.05, 0.1) is 28.9 Å². The number of hydrogen-bond acceptors (Lipinski definition) is 3. The molecule has 0 aliphatic rings. The minimum atomic E-state index is -0.983. The van der Waals surface area contributed by atoms with Crippen molar-refractivity contribution in [3.8, 4) is 17.0 Å². The summed E-state index contributed by atoms with van der Waals surface area (Å²) in [5.74, 6) is -0.290. The Morgan fingerprint density at radius 1 is 1.30 bits per heavy atom. The van der Waals surface area contributed by atoms with Crippen molar-refractivity contribution in [1.82, 2.24) is 4.98 Å². The molecule has 0 bridgehead atoms. The third-order valence-corrected chi connectivity index (χ3v) is 5.36. The van der Waals surface area contributed by atoms with Crippen LogP contribution < -0.4 is 10.5 Å². The second kappa shape index (κ2) is 8.33. The van der Waals surface area contributed by atoms with Gasteiger partial charge in [-0.2, -0.15) is 0 Å². The smallest absolute Gasteiger partial charge is 0.336 e. The molecule has 2 aromatic carbocycles. The van der Waals surface area contributed by atoms with Gasteiger partial charge in [-0.25, -0.2) is 4.79 Å². The van der Waals surface area contributed by atoms with Crippen LogP contribution in [0.2, 0.25) is 5.02 Å². The highest BCUT2D eigenvalue weighted by atomic mass is 79.9. The molecule has 5 nitrogen and oxygen atoms in total. The van der Waals surface area contributed by atoms with Gasteiger partial charge in [0.15, 0.2) is 0 Å². The fraction of sp³-hybridized carbons (Fsp3) is 0.250. The van der Waals surface area contributed by atoms with Crippen molar-refractivity contribution >= 4 is 44.4 Å². The molecule has 0 radical (unpaired) electrons. The van der Waals surface area contributed by atoms with Crippen LogP contribution in [0.25, 0.3) is 22.2 Å². The Morgan fingerprint density at radius 3 is 2.74 bits per heavy atom. The van der Waals surface area contributed by atoms with Crippen molar-refractivity contribution in [3.63, 3.8) is 0 Å². The number of ether oxygens (including phenoxy) is 1. The number of benzene rings is 2. The minimum absolute atomic E-state index is 0.230. The van der Waals surface area contributed by atoms with Gasteiger partial charge in [-0.05, 0) is 61.7 Å². The fourth-order valence-corrected chi connectivity index (χ4v) is 3.88. The lowest BCUT2D eigenvalue weighted by atomic mass is 9.97. The van der Waals surface area contributed by atoms with Crippen LogP contribution in [0, 0.1) is 0 Å². The van der Waals surface area contributed by atoms with Crippen LogP contribution >= 0.6 is 27.5 Å². The maximum absolute atomic E-state index is 11.8. The maximum Gasteiger partial charge on any atom is 0.336 e. The van der Waals surface area contributed by atoms with Crippen molar-refractivity contribution in [1.29, 1.82) is 0 Å². The van der Waals surface area contributed by atoms with Gasteiger partial charge in [0.25, 0.3) is 0 Å². The molecule has 4 N–H and O–H groups in total. The van der Waals surface area contributed by atoms with E-state index in [9.17, 15) is 9.90 Å². The molecule has 0 saturated heterocycles. The number of unbranched alkanes of at least 4 members (excludes halogenated alkanes) is 1. The molecule has 1 aromatic heterocycles. The lowest BCUT2D eigenvalue weighted by molar-refractivity contribution is 0.0699. The predicted molar refractivity (Wildman–Crippen MR) is 112 cm³/mol. The minimum Gasteiger partial charge on any atom is -0.496 e. The van der Waals surface area contributed by atoms with Crippen molar-refractivity contribution in [2.75, 3.05) is 13.7 Å². The molecule has 27 heavy (non-hydrogen) atoms. The van der Waals surface area contributed by atoms with Crippen LogP contribution in [-0.2, 0) is 6.42 Å². The van der Waals surface area contributed by atoms with Gasteiger partial charge in [-0.1, -0.05) is 27.5 Å². The summed E-state index contributed by atoms with van der Waals surface area (Å²) in [5, 5.41) is 10.8. The van der Waals surface area contributed by atoms with E-state index in [-0.39, 0.29) is 5.56 Å². The SMILES string of the molecule is COc1ccc(Br)cc1-c1[nH]c2c(Cl)ccc(C(=O)O)c2c1CCCCN. The first kappa shape index (κ1) is 19.7. The topological polar surface area (TPSA) is 88.3 Å². The number of halogens is 2. The maximum atomic E-state index is 11.8. The Labute approximate surface area is 170 Å². The highest BCUT2D eigenvalue weighted by molar-refractivity contribution is 9.10. The number of carboxylic acid groups (broad SMARTS) is 1. The molecule has 0 aliphatic heterocycles. The number of carboxylic acids is 1. The van der Waals surface area contributed by atoms with Crippen molar-refractivity contribution in [2.45, 2.75) is 19.3 Å². The summed E-state index contributed by atoms with van der Waals surface area (Å²) in [7, 11) is 1.61. The fourth-order valence-electron chi connectivity index (χ4n) is 3.32. The van der Waals surface area contributed by atoms with E-state index in [1.54, 1.807) is 19.2 Å². The average molecular weight is 452 g/mol. The van der Waals surface area contributed by atoms with E-state index in [1.807, 2.05) is 18.2 Å². The Morgan fingerprint density at radius 2 is 2.07 bits per heavy atom. The summed E-state index contributed by atoms with van der Waals surface area (Å²) in [4.78, 5) is 15.2. The van der Waals surface area contributed by atoms with Gasteiger partial charge < -0.3 is 20.6 Å². The quantitative estimate of drug-likeness (QED) is 0.429. The van der Waals surface area contributed by atoms with Crippen LogP contribution in [0.1, 0.15) is 28.8 Å². The number of carbonyl (C=O) groups is 1. The summed E-state index contributed by atoms with van der Waals surface area (Å²) in [6, 6.07) is 8.87. The lowest BCUT2D eigenvalue weighted by Crippen LogP contribution is -2.01. The normalized spacial score (nSPS) is 11.1. The molecule has 3 rings (SSSR count). The molecule has 142 valence electrons. The Hall–Kier alpha value is -2.02. The molecule has 0 amide bonds. The zero-order chi connectivity index (χ0) is 19.6. The van der Waals surface area contributed by atoms with Crippen LogP contribution in [0.5, 0.6) is 5.75 Å². The number of aromatic nitrogens is 1. The number of aromatic amines is 1. The van der Waals surface area contributed by atoms with Crippen LogP contribution in [0.4, 0.5) is 0 Å². The summed E-state index contributed by atoms with van der Waals surface area (Å²) in [6.07, 6.45) is 2.38. The van der Waals surface area contributed by atoms with E-state index in [1.165, 1.54) is 0 Å². The predicted octanol–water partition coefficient (Wildman–Crippen LogP) is 5.24. The van der Waals surface area contributed by atoms with Gasteiger partial charge in [-0.3, -0.25) is 0 Å². The second-order valence-corrected chi connectivity index (χ2v) is 7.54. The Bertz CT molecular complexity index is 1000. The summed E-state index contributed by atoms with van der Waals surface area (Å²) >= 11 is 9.89. The van der Waals surface area contributed by atoms with Gasteiger partial charge >= 0.3 is 5.97 Å². The van der Waals surface area contributed by atoms with Crippen molar-refractivity contribution in [3.05, 3.63) is 51.0 Å². The zero-order valence-electron chi connectivity index (χ0n) is 14.8. The second-order valence-electron chi connectivity index (χ2n) is 6.22. The number of rotatable bonds is 7. The number of methoxy groups -OCH3 is 1. The highest BCUT2D eigenvalue weighted by Crippen LogP contribution is 2.41. The van der Waals surface area contributed by atoms with E-state index in [0.29, 0.717) is 34.6 Å². The molecule has 0 aliphatic carbocycles. The molecule has 0 atom stereocenters. The summed E-state index contributed by atoms with van der Waals surface area (Å²) in [5.41, 5.74) is 9.07. The monoisotopic (exact) mass is 450 g/mol.